The minimum absolute atomic E-state index is 0.129. The van der Waals surface area contributed by atoms with Crippen molar-refractivity contribution in [3.8, 4) is 17.2 Å². The van der Waals surface area contributed by atoms with E-state index in [2.05, 4.69) is 18.7 Å². The lowest BCUT2D eigenvalue weighted by Crippen LogP contribution is -2.27. The van der Waals surface area contributed by atoms with Gasteiger partial charge in [-0.2, -0.15) is 0 Å². The second kappa shape index (κ2) is 11.2. The molecule has 32 heavy (non-hydrogen) atoms. The van der Waals surface area contributed by atoms with Crippen LogP contribution in [0.5, 0.6) is 17.2 Å². The van der Waals surface area contributed by atoms with Gasteiger partial charge >= 0.3 is 0 Å². The van der Waals surface area contributed by atoms with Crippen molar-refractivity contribution >= 4 is 40.3 Å². The molecule has 1 saturated heterocycles. The Hall–Kier alpha value is -2.77. The van der Waals surface area contributed by atoms with Crippen LogP contribution in [0.25, 0.3) is 6.08 Å². The molecule has 3 rings (SSSR count). The molecule has 2 aromatic carbocycles. The monoisotopic (exact) mass is 469 g/mol. The number of hydrogen-bond acceptors (Lipinski definition) is 6. The second-order valence-corrected chi connectivity index (χ2v) is 8.95. The number of nitrogens with zero attached hydrogens (tertiary/aromatic N) is 1. The Morgan fingerprint density at radius 1 is 1.12 bits per heavy atom. The zero-order valence-corrected chi connectivity index (χ0v) is 20.2. The van der Waals surface area contributed by atoms with Crippen LogP contribution in [0.1, 0.15) is 23.1 Å². The average Bonchev–Trinajstić information content (AvgIpc) is 3.04. The van der Waals surface area contributed by atoms with E-state index >= 15 is 0 Å². The van der Waals surface area contributed by atoms with Gasteiger partial charge in [0.25, 0.3) is 5.91 Å². The quantitative estimate of drug-likeness (QED) is 0.197. The van der Waals surface area contributed by atoms with Crippen LogP contribution in [0.3, 0.4) is 0 Å². The van der Waals surface area contributed by atoms with E-state index in [0.29, 0.717) is 46.9 Å². The van der Waals surface area contributed by atoms with Gasteiger partial charge in [0.2, 0.25) is 0 Å². The third-order valence-corrected chi connectivity index (χ3v) is 6.22. The number of rotatable bonds is 10. The van der Waals surface area contributed by atoms with Crippen molar-refractivity contribution in [3.05, 3.63) is 70.6 Å². The molecular weight excluding hydrogens is 442 g/mol. The Kier molecular flexibility index (Phi) is 8.36. The SMILES string of the molecule is C=CCN1C(=O)/C(=C/c2cccc(OC)c2OCCCOc2cc(C)ccc2C)SC1=S. The first-order chi connectivity index (χ1) is 15.4. The molecule has 7 heteroatoms. The maximum absolute atomic E-state index is 12.7. The summed E-state index contributed by atoms with van der Waals surface area (Å²) in [4.78, 5) is 14.8. The molecule has 1 aliphatic rings. The standard InChI is InChI=1S/C25H27NO4S2/c1-5-12-26-24(27)22(32-25(26)31)16-19-8-6-9-20(28-4)23(19)30-14-7-13-29-21-15-17(2)10-11-18(21)3/h5-6,8-11,15-16H,1,7,12-14H2,2-4H3/b22-16-. The van der Waals surface area contributed by atoms with E-state index in [1.165, 1.54) is 22.2 Å². The first-order valence-corrected chi connectivity index (χ1v) is 11.5. The Balaban J connectivity index is 1.68. The molecule has 0 saturated carbocycles. The van der Waals surface area contributed by atoms with Gasteiger partial charge < -0.3 is 14.2 Å². The molecule has 0 atom stereocenters. The highest BCUT2D eigenvalue weighted by atomic mass is 32.2. The van der Waals surface area contributed by atoms with E-state index in [-0.39, 0.29) is 5.91 Å². The number of methoxy groups -OCH3 is 1. The van der Waals surface area contributed by atoms with E-state index in [9.17, 15) is 4.79 Å². The van der Waals surface area contributed by atoms with Gasteiger partial charge in [-0.05, 0) is 43.2 Å². The van der Waals surface area contributed by atoms with E-state index in [1.54, 1.807) is 19.3 Å². The Bertz CT molecular complexity index is 1050. The Morgan fingerprint density at radius 2 is 1.91 bits per heavy atom. The molecule has 0 unspecified atom stereocenters. The van der Waals surface area contributed by atoms with Crippen LogP contribution in [-0.2, 0) is 4.79 Å². The van der Waals surface area contributed by atoms with Gasteiger partial charge in [0, 0.05) is 18.5 Å². The van der Waals surface area contributed by atoms with Crippen LogP contribution < -0.4 is 14.2 Å². The van der Waals surface area contributed by atoms with Crippen molar-refractivity contribution in [1.29, 1.82) is 0 Å². The van der Waals surface area contributed by atoms with Crippen LogP contribution >= 0.6 is 24.0 Å². The molecule has 1 amide bonds. The minimum Gasteiger partial charge on any atom is -0.493 e. The number of aryl methyl sites for hydroxylation is 2. The number of carbonyl (C=O) groups excluding carboxylic acids is 1. The van der Waals surface area contributed by atoms with E-state index in [0.717, 1.165) is 16.9 Å². The van der Waals surface area contributed by atoms with Crippen molar-refractivity contribution in [2.45, 2.75) is 20.3 Å². The molecule has 0 radical (unpaired) electrons. The molecule has 0 spiro atoms. The molecule has 168 valence electrons. The van der Waals surface area contributed by atoms with Gasteiger partial charge in [0.15, 0.2) is 11.5 Å². The molecule has 1 fully saturated rings. The second-order valence-electron chi connectivity index (χ2n) is 7.28. The van der Waals surface area contributed by atoms with Crippen LogP contribution in [0.2, 0.25) is 0 Å². The summed E-state index contributed by atoms with van der Waals surface area (Å²) in [5.41, 5.74) is 3.04. The fraction of sp³-hybridized carbons (Fsp3) is 0.280. The van der Waals surface area contributed by atoms with E-state index < -0.39 is 0 Å². The highest BCUT2D eigenvalue weighted by molar-refractivity contribution is 8.26. The molecule has 2 aromatic rings. The topological polar surface area (TPSA) is 48.0 Å². The van der Waals surface area contributed by atoms with Crippen molar-refractivity contribution in [1.82, 2.24) is 4.90 Å². The summed E-state index contributed by atoms with van der Waals surface area (Å²) >= 11 is 6.60. The molecular formula is C25H27NO4S2. The lowest BCUT2D eigenvalue weighted by Gasteiger charge is -2.14. The molecule has 1 aliphatic heterocycles. The zero-order valence-electron chi connectivity index (χ0n) is 18.6. The fourth-order valence-corrected chi connectivity index (χ4v) is 4.43. The molecule has 0 aromatic heterocycles. The van der Waals surface area contributed by atoms with Crippen molar-refractivity contribution in [3.63, 3.8) is 0 Å². The van der Waals surface area contributed by atoms with Crippen LogP contribution in [0, 0.1) is 13.8 Å². The van der Waals surface area contributed by atoms with Gasteiger partial charge in [-0.15, -0.1) is 6.58 Å². The van der Waals surface area contributed by atoms with Crippen molar-refractivity contribution in [2.24, 2.45) is 0 Å². The lowest BCUT2D eigenvalue weighted by atomic mass is 10.1. The van der Waals surface area contributed by atoms with Crippen LogP contribution in [0.4, 0.5) is 0 Å². The molecule has 0 aliphatic carbocycles. The maximum atomic E-state index is 12.7. The molecule has 5 nitrogen and oxygen atoms in total. The molecule has 1 heterocycles. The highest BCUT2D eigenvalue weighted by Crippen LogP contribution is 2.37. The number of ether oxygens (including phenoxy) is 3. The molecule has 0 bridgehead atoms. The summed E-state index contributed by atoms with van der Waals surface area (Å²) in [5.74, 6) is 1.96. The summed E-state index contributed by atoms with van der Waals surface area (Å²) in [7, 11) is 1.60. The average molecular weight is 470 g/mol. The first kappa shape index (κ1) is 23.9. The number of hydrogen-bond donors (Lipinski definition) is 0. The van der Waals surface area contributed by atoms with Gasteiger partial charge in [-0.25, -0.2) is 0 Å². The predicted octanol–water partition coefficient (Wildman–Crippen LogP) is 5.55. The highest BCUT2D eigenvalue weighted by Gasteiger charge is 2.31. The summed E-state index contributed by atoms with van der Waals surface area (Å²) in [6, 6.07) is 11.8. The minimum atomic E-state index is -0.129. The number of thiocarbonyl (C=S) groups is 1. The summed E-state index contributed by atoms with van der Waals surface area (Å²) in [6.07, 6.45) is 4.16. The number of benzene rings is 2. The van der Waals surface area contributed by atoms with Crippen LogP contribution in [0.15, 0.2) is 54.0 Å². The van der Waals surface area contributed by atoms with Gasteiger partial charge in [0.1, 0.15) is 10.1 Å². The zero-order chi connectivity index (χ0) is 23.1. The van der Waals surface area contributed by atoms with Gasteiger partial charge in [-0.1, -0.05) is 54.3 Å². The van der Waals surface area contributed by atoms with Crippen molar-refractivity contribution < 1.29 is 19.0 Å². The number of para-hydroxylation sites is 1. The lowest BCUT2D eigenvalue weighted by molar-refractivity contribution is -0.121. The predicted molar refractivity (Wildman–Crippen MR) is 135 cm³/mol. The largest absolute Gasteiger partial charge is 0.493 e. The summed E-state index contributed by atoms with van der Waals surface area (Å²) in [6.45, 7) is 9.14. The van der Waals surface area contributed by atoms with Crippen molar-refractivity contribution in [2.75, 3.05) is 26.9 Å². The third-order valence-electron chi connectivity index (χ3n) is 4.84. The number of carbonyl (C=O) groups is 1. The first-order valence-electron chi connectivity index (χ1n) is 10.3. The Morgan fingerprint density at radius 3 is 2.66 bits per heavy atom. The van der Waals surface area contributed by atoms with Crippen LogP contribution in [-0.4, -0.2) is 42.0 Å². The smallest absolute Gasteiger partial charge is 0.266 e. The van der Waals surface area contributed by atoms with Gasteiger partial charge in [0.05, 0.1) is 25.2 Å². The maximum Gasteiger partial charge on any atom is 0.266 e. The van der Waals surface area contributed by atoms with E-state index in [4.69, 9.17) is 26.4 Å². The third kappa shape index (κ3) is 5.72. The van der Waals surface area contributed by atoms with E-state index in [1.807, 2.05) is 38.1 Å². The number of thioether (sulfide) groups is 1. The fourth-order valence-electron chi connectivity index (χ4n) is 3.17. The normalized spacial score (nSPS) is 14.7. The summed E-state index contributed by atoms with van der Waals surface area (Å²) in [5, 5.41) is 0. The van der Waals surface area contributed by atoms with Gasteiger partial charge in [-0.3, -0.25) is 9.69 Å². The number of amides is 1. The summed E-state index contributed by atoms with van der Waals surface area (Å²) < 4.78 is 18.0. The molecule has 0 N–H and O–H groups in total. The Labute approximate surface area is 199 Å².